The fourth-order valence-electron chi connectivity index (χ4n) is 1.26. The maximum absolute atomic E-state index is 12.2. The van der Waals surface area contributed by atoms with E-state index in [1.165, 1.54) is 17.4 Å². The number of alkyl halides is 3. The summed E-state index contributed by atoms with van der Waals surface area (Å²) in [7, 11) is 0. The zero-order valence-electron chi connectivity index (χ0n) is 9.24. The van der Waals surface area contributed by atoms with Gasteiger partial charge in [0.2, 0.25) is 0 Å². The van der Waals surface area contributed by atoms with E-state index in [0.717, 1.165) is 5.56 Å². The minimum Gasteiger partial charge on any atom is -0.297 e. The van der Waals surface area contributed by atoms with Crippen LogP contribution in [0.2, 0.25) is 0 Å². The summed E-state index contributed by atoms with van der Waals surface area (Å²) in [4.78, 5) is 0. The summed E-state index contributed by atoms with van der Waals surface area (Å²) in [5, 5.41) is 1.50. The first-order valence-electron chi connectivity index (χ1n) is 4.74. The van der Waals surface area contributed by atoms with Crippen molar-refractivity contribution >= 4 is 21.6 Å². The van der Waals surface area contributed by atoms with Crippen LogP contribution in [-0.2, 0) is 5.41 Å². The molecule has 0 amide bonds. The third-order valence-electron chi connectivity index (χ3n) is 2.05. The quantitative estimate of drug-likeness (QED) is 0.742. The van der Waals surface area contributed by atoms with Gasteiger partial charge in [0.1, 0.15) is 0 Å². The van der Waals surface area contributed by atoms with Gasteiger partial charge in [-0.2, -0.15) is 13.2 Å². The van der Waals surface area contributed by atoms with Gasteiger partial charge in [0.05, 0.1) is 0 Å². The van der Waals surface area contributed by atoms with Crippen LogP contribution in [0.1, 0.15) is 26.3 Å². The van der Waals surface area contributed by atoms with Gasteiger partial charge in [0.15, 0.2) is 0 Å². The summed E-state index contributed by atoms with van der Waals surface area (Å²) < 4.78 is 37.2. The topological polar surface area (TPSA) is 12.0 Å². The Hall–Kier alpha value is -0.710. The summed E-state index contributed by atoms with van der Waals surface area (Å²) in [6.07, 6.45) is -4.41. The molecule has 0 unspecified atom stereocenters. The van der Waals surface area contributed by atoms with Gasteiger partial charge >= 0.3 is 6.30 Å². The van der Waals surface area contributed by atoms with Crippen LogP contribution < -0.4 is 5.32 Å². The van der Waals surface area contributed by atoms with Crippen molar-refractivity contribution in [3.63, 3.8) is 0 Å². The van der Waals surface area contributed by atoms with Gasteiger partial charge in [-0.15, -0.1) is 0 Å². The third kappa shape index (κ3) is 4.04. The first-order valence-corrected chi connectivity index (χ1v) is 5.53. The van der Waals surface area contributed by atoms with E-state index in [2.05, 4.69) is 15.9 Å². The summed E-state index contributed by atoms with van der Waals surface area (Å²) in [6.45, 7) is 5.85. The van der Waals surface area contributed by atoms with E-state index in [1.54, 1.807) is 0 Å². The molecule has 1 N–H and O–H groups in total. The molecule has 0 radical (unpaired) electrons. The molecule has 0 aliphatic heterocycles. The van der Waals surface area contributed by atoms with E-state index in [-0.39, 0.29) is 11.1 Å². The number of rotatable bonds is 1. The zero-order valence-corrected chi connectivity index (χ0v) is 10.8. The van der Waals surface area contributed by atoms with Gasteiger partial charge in [0, 0.05) is 10.2 Å². The second-order valence-electron chi connectivity index (χ2n) is 4.60. The molecule has 0 fully saturated rings. The molecule has 0 atom stereocenters. The Labute approximate surface area is 101 Å². The monoisotopic (exact) mass is 295 g/mol. The van der Waals surface area contributed by atoms with Gasteiger partial charge in [-0.25, -0.2) is 0 Å². The largest absolute Gasteiger partial charge is 0.482 e. The lowest BCUT2D eigenvalue weighted by Gasteiger charge is -2.21. The van der Waals surface area contributed by atoms with E-state index in [1.807, 2.05) is 26.8 Å². The van der Waals surface area contributed by atoms with E-state index >= 15 is 0 Å². The Kier molecular flexibility index (Phi) is 3.57. The summed E-state index contributed by atoms with van der Waals surface area (Å²) in [6, 6.07) is 4.74. The molecule has 0 bridgehead atoms. The molecule has 16 heavy (non-hydrogen) atoms. The van der Waals surface area contributed by atoms with Crippen molar-refractivity contribution in [2.45, 2.75) is 32.5 Å². The van der Waals surface area contributed by atoms with Crippen LogP contribution in [0.5, 0.6) is 0 Å². The first kappa shape index (κ1) is 13.4. The molecule has 0 aromatic heterocycles. The second-order valence-corrected chi connectivity index (χ2v) is 5.52. The van der Waals surface area contributed by atoms with Crippen molar-refractivity contribution in [2.24, 2.45) is 0 Å². The molecular weight excluding hydrogens is 283 g/mol. The number of hydrogen-bond donors (Lipinski definition) is 1. The van der Waals surface area contributed by atoms with Crippen LogP contribution in [0.25, 0.3) is 0 Å². The number of benzene rings is 1. The first-order chi connectivity index (χ1) is 7.08. The maximum atomic E-state index is 12.2. The average molecular weight is 296 g/mol. The van der Waals surface area contributed by atoms with Crippen molar-refractivity contribution in [2.75, 3.05) is 5.32 Å². The predicted molar refractivity (Wildman–Crippen MR) is 62.5 cm³/mol. The number of nitrogens with one attached hydrogen (secondary N) is 1. The Balaban J connectivity index is 3.09. The van der Waals surface area contributed by atoms with Crippen LogP contribution in [-0.4, -0.2) is 6.30 Å². The molecule has 0 saturated heterocycles. The molecule has 0 heterocycles. The molecule has 1 nitrogen and oxygen atoms in total. The lowest BCUT2D eigenvalue weighted by atomic mass is 9.87. The van der Waals surface area contributed by atoms with Crippen LogP contribution in [0.15, 0.2) is 22.7 Å². The molecule has 5 heteroatoms. The van der Waals surface area contributed by atoms with Gasteiger partial charge in [-0.3, -0.25) is 5.32 Å². The number of anilines is 1. The molecule has 0 saturated carbocycles. The van der Waals surface area contributed by atoms with Crippen molar-refractivity contribution < 1.29 is 13.2 Å². The Morgan fingerprint density at radius 1 is 1.06 bits per heavy atom. The van der Waals surface area contributed by atoms with Crippen LogP contribution in [0, 0.1) is 0 Å². The van der Waals surface area contributed by atoms with E-state index < -0.39 is 6.30 Å². The normalized spacial score (nSPS) is 12.7. The molecule has 0 aliphatic carbocycles. The standard InChI is InChI=1S/C11H13BrF3N/c1-10(2,3)7-4-8(12)6-9(5-7)16-11(13,14)15/h4-6,16H,1-3H3. The van der Waals surface area contributed by atoms with Gasteiger partial charge in [-0.1, -0.05) is 36.7 Å². The minimum atomic E-state index is -4.41. The smallest absolute Gasteiger partial charge is 0.297 e. The Morgan fingerprint density at radius 3 is 2.06 bits per heavy atom. The highest BCUT2D eigenvalue weighted by atomic mass is 79.9. The van der Waals surface area contributed by atoms with Crippen molar-refractivity contribution in [1.29, 1.82) is 0 Å². The van der Waals surface area contributed by atoms with Crippen molar-refractivity contribution in [3.8, 4) is 0 Å². The van der Waals surface area contributed by atoms with Gasteiger partial charge in [-0.05, 0) is 29.2 Å². The molecular formula is C11H13BrF3N. The molecule has 0 spiro atoms. The van der Waals surface area contributed by atoms with E-state index in [4.69, 9.17) is 0 Å². The van der Waals surface area contributed by atoms with Crippen LogP contribution in [0.4, 0.5) is 18.9 Å². The number of hydrogen-bond acceptors (Lipinski definition) is 1. The van der Waals surface area contributed by atoms with Crippen molar-refractivity contribution in [3.05, 3.63) is 28.2 Å². The molecule has 1 aromatic rings. The number of halogens is 4. The van der Waals surface area contributed by atoms with E-state index in [0.29, 0.717) is 4.47 Å². The maximum Gasteiger partial charge on any atom is 0.482 e. The highest BCUT2D eigenvalue weighted by molar-refractivity contribution is 9.10. The predicted octanol–water partition coefficient (Wildman–Crippen LogP) is 4.68. The summed E-state index contributed by atoms with van der Waals surface area (Å²) >= 11 is 3.21. The third-order valence-corrected chi connectivity index (χ3v) is 2.51. The fraction of sp³-hybridized carbons (Fsp3) is 0.455. The summed E-state index contributed by atoms with van der Waals surface area (Å²) in [5.74, 6) is 0. The van der Waals surface area contributed by atoms with Crippen molar-refractivity contribution in [1.82, 2.24) is 0 Å². The molecule has 0 aliphatic rings. The van der Waals surface area contributed by atoms with E-state index in [9.17, 15) is 13.2 Å². The highest BCUT2D eigenvalue weighted by Gasteiger charge is 2.27. The lowest BCUT2D eigenvalue weighted by molar-refractivity contribution is -0.0999. The van der Waals surface area contributed by atoms with Crippen LogP contribution in [0.3, 0.4) is 0 Å². The van der Waals surface area contributed by atoms with Gasteiger partial charge in [0.25, 0.3) is 0 Å². The Morgan fingerprint density at radius 2 is 1.62 bits per heavy atom. The fourth-order valence-corrected chi connectivity index (χ4v) is 1.75. The van der Waals surface area contributed by atoms with Crippen LogP contribution >= 0.6 is 15.9 Å². The Bertz CT molecular complexity index is 380. The lowest BCUT2D eigenvalue weighted by Crippen LogP contribution is -2.21. The SMILES string of the molecule is CC(C)(C)c1cc(Br)cc(NC(F)(F)F)c1. The molecule has 1 rings (SSSR count). The zero-order chi connectivity index (χ0) is 12.6. The minimum absolute atomic E-state index is 0.0480. The highest BCUT2D eigenvalue weighted by Crippen LogP contribution is 2.30. The molecule has 90 valence electrons. The average Bonchev–Trinajstić information content (AvgIpc) is 1.97. The second kappa shape index (κ2) is 4.28. The molecule has 1 aromatic carbocycles. The summed E-state index contributed by atoms with van der Waals surface area (Å²) in [5.41, 5.74) is 0.701. The van der Waals surface area contributed by atoms with Gasteiger partial charge < -0.3 is 0 Å².